The van der Waals surface area contributed by atoms with E-state index in [1.807, 2.05) is 4.90 Å². The van der Waals surface area contributed by atoms with E-state index in [9.17, 15) is 13.2 Å². The normalized spacial score (nSPS) is 26.4. The molecule has 0 radical (unpaired) electrons. The van der Waals surface area contributed by atoms with E-state index < -0.39 is 16.1 Å². The zero-order valence-electron chi connectivity index (χ0n) is 13.5. The molecule has 0 aliphatic carbocycles. The van der Waals surface area contributed by atoms with Gasteiger partial charge in [-0.3, -0.25) is 4.79 Å². The fourth-order valence-electron chi connectivity index (χ4n) is 3.60. The van der Waals surface area contributed by atoms with Gasteiger partial charge in [0.05, 0.1) is 4.90 Å². The van der Waals surface area contributed by atoms with E-state index >= 15 is 0 Å². The van der Waals surface area contributed by atoms with Gasteiger partial charge in [0.2, 0.25) is 15.9 Å². The predicted octanol–water partition coefficient (Wildman–Crippen LogP) is 2.10. The Morgan fingerprint density at radius 3 is 2.48 bits per heavy atom. The molecule has 0 N–H and O–H groups in total. The van der Waals surface area contributed by atoms with Gasteiger partial charge >= 0.3 is 0 Å². The first-order chi connectivity index (χ1) is 11.0. The molecule has 6 heteroatoms. The van der Waals surface area contributed by atoms with E-state index in [1.54, 1.807) is 30.3 Å². The van der Waals surface area contributed by atoms with Gasteiger partial charge in [0.1, 0.15) is 6.04 Å². The van der Waals surface area contributed by atoms with Crippen molar-refractivity contribution < 1.29 is 13.2 Å². The lowest BCUT2D eigenvalue weighted by Crippen LogP contribution is -2.50. The van der Waals surface area contributed by atoms with E-state index in [0.717, 1.165) is 32.4 Å². The third-order valence-electron chi connectivity index (χ3n) is 4.81. The third kappa shape index (κ3) is 3.28. The number of piperidine rings is 1. The number of sulfonamides is 1. The number of nitrogens with zero attached hydrogens (tertiary/aromatic N) is 2. The molecule has 1 aromatic carbocycles. The van der Waals surface area contributed by atoms with E-state index in [-0.39, 0.29) is 10.8 Å². The first-order valence-corrected chi connectivity index (χ1v) is 9.80. The molecule has 2 fully saturated rings. The van der Waals surface area contributed by atoms with Crippen molar-refractivity contribution in [3.63, 3.8) is 0 Å². The van der Waals surface area contributed by atoms with Gasteiger partial charge in [0.25, 0.3) is 0 Å². The van der Waals surface area contributed by atoms with E-state index in [0.29, 0.717) is 18.9 Å². The molecule has 0 spiro atoms. The summed E-state index contributed by atoms with van der Waals surface area (Å²) in [6, 6.07) is 7.88. The summed E-state index contributed by atoms with van der Waals surface area (Å²) in [5.41, 5.74) is 0. The van der Waals surface area contributed by atoms with Crippen molar-refractivity contribution in [3.05, 3.63) is 30.3 Å². The second-order valence-electron chi connectivity index (χ2n) is 6.62. The van der Waals surface area contributed by atoms with Crippen LogP contribution in [0.4, 0.5) is 0 Å². The molecule has 3 rings (SSSR count). The van der Waals surface area contributed by atoms with Gasteiger partial charge in [-0.05, 0) is 43.7 Å². The minimum Gasteiger partial charge on any atom is -0.341 e. The van der Waals surface area contributed by atoms with Crippen LogP contribution in [0.15, 0.2) is 35.2 Å². The van der Waals surface area contributed by atoms with Gasteiger partial charge in [-0.15, -0.1) is 0 Å². The van der Waals surface area contributed by atoms with Crippen LogP contribution in [0.2, 0.25) is 0 Å². The fraction of sp³-hybridized carbons (Fsp3) is 0.588. The Hall–Kier alpha value is -1.40. The van der Waals surface area contributed by atoms with Gasteiger partial charge in [-0.25, -0.2) is 8.42 Å². The first kappa shape index (κ1) is 16.5. The number of amides is 1. The monoisotopic (exact) mass is 336 g/mol. The highest BCUT2D eigenvalue weighted by atomic mass is 32.2. The highest BCUT2D eigenvalue weighted by Gasteiger charge is 2.41. The number of rotatable bonds is 3. The SMILES string of the molecule is CC1CCCN(C(=O)C2CCCN2S(=O)(=O)c2ccccc2)C1. The molecular weight excluding hydrogens is 312 g/mol. The number of benzene rings is 1. The van der Waals surface area contributed by atoms with Crippen molar-refractivity contribution in [1.82, 2.24) is 9.21 Å². The van der Waals surface area contributed by atoms with Crippen LogP contribution in [-0.2, 0) is 14.8 Å². The fourth-order valence-corrected chi connectivity index (χ4v) is 5.27. The van der Waals surface area contributed by atoms with Crippen LogP contribution < -0.4 is 0 Å². The van der Waals surface area contributed by atoms with Gasteiger partial charge in [-0.1, -0.05) is 25.1 Å². The molecular formula is C17H24N2O3S. The molecule has 2 heterocycles. The molecule has 5 nitrogen and oxygen atoms in total. The van der Waals surface area contributed by atoms with Crippen LogP contribution in [0.25, 0.3) is 0 Å². The minimum absolute atomic E-state index is 0.0199. The van der Waals surface area contributed by atoms with Crippen LogP contribution in [0.1, 0.15) is 32.6 Å². The minimum atomic E-state index is -3.60. The highest BCUT2D eigenvalue weighted by molar-refractivity contribution is 7.89. The van der Waals surface area contributed by atoms with Crippen molar-refractivity contribution in [3.8, 4) is 0 Å². The lowest BCUT2D eigenvalue weighted by Gasteiger charge is -2.34. The molecule has 2 saturated heterocycles. The summed E-state index contributed by atoms with van der Waals surface area (Å²) in [6.07, 6.45) is 3.51. The number of hydrogen-bond donors (Lipinski definition) is 0. The second-order valence-corrected chi connectivity index (χ2v) is 8.51. The second kappa shape index (κ2) is 6.61. The summed E-state index contributed by atoms with van der Waals surface area (Å²) in [6.45, 7) is 4.07. The van der Waals surface area contributed by atoms with Gasteiger partial charge in [0, 0.05) is 19.6 Å². The lowest BCUT2D eigenvalue weighted by molar-refractivity contribution is -0.136. The molecule has 2 aliphatic heterocycles. The molecule has 2 atom stereocenters. The highest BCUT2D eigenvalue weighted by Crippen LogP contribution is 2.28. The quantitative estimate of drug-likeness (QED) is 0.849. The zero-order valence-corrected chi connectivity index (χ0v) is 14.3. The molecule has 126 valence electrons. The summed E-state index contributed by atoms with van der Waals surface area (Å²) in [5.74, 6) is 0.474. The maximum Gasteiger partial charge on any atom is 0.243 e. The Balaban J connectivity index is 1.81. The van der Waals surface area contributed by atoms with Crippen molar-refractivity contribution in [1.29, 1.82) is 0 Å². The van der Waals surface area contributed by atoms with Crippen molar-refractivity contribution >= 4 is 15.9 Å². The largest absolute Gasteiger partial charge is 0.341 e. The van der Waals surface area contributed by atoms with Crippen LogP contribution in [-0.4, -0.2) is 49.2 Å². The summed E-state index contributed by atoms with van der Waals surface area (Å²) >= 11 is 0. The zero-order chi connectivity index (χ0) is 16.4. The van der Waals surface area contributed by atoms with Crippen LogP contribution >= 0.6 is 0 Å². The predicted molar refractivity (Wildman–Crippen MR) is 88.3 cm³/mol. The van der Waals surface area contributed by atoms with Crippen molar-refractivity contribution in [2.45, 2.75) is 43.5 Å². The summed E-state index contributed by atoms with van der Waals surface area (Å²) in [7, 11) is -3.60. The summed E-state index contributed by atoms with van der Waals surface area (Å²) in [5, 5.41) is 0. The average molecular weight is 336 g/mol. The Kier molecular flexibility index (Phi) is 4.73. The molecule has 0 bridgehead atoms. The molecule has 2 unspecified atom stereocenters. The van der Waals surface area contributed by atoms with Gasteiger partial charge < -0.3 is 4.90 Å². The Morgan fingerprint density at radius 1 is 1.09 bits per heavy atom. The lowest BCUT2D eigenvalue weighted by atomic mass is 9.99. The van der Waals surface area contributed by atoms with Crippen molar-refractivity contribution in [2.24, 2.45) is 5.92 Å². The Morgan fingerprint density at radius 2 is 1.78 bits per heavy atom. The molecule has 1 aromatic rings. The maximum absolute atomic E-state index is 12.9. The average Bonchev–Trinajstić information content (AvgIpc) is 3.05. The van der Waals surface area contributed by atoms with E-state index in [4.69, 9.17) is 0 Å². The van der Waals surface area contributed by atoms with Crippen molar-refractivity contribution in [2.75, 3.05) is 19.6 Å². The third-order valence-corrected chi connectivity index (χ3v) is 6.73. The number of carbonyl (C=O) groups excluding carboxylic acids is 1. The molecule has 0 aromatic heterocycles. The molecule has 2 aliphatic rings. The first-order valence-electron chi connectivity index (χ1n) is 8.36. The van der Waals surface area contributed by atoms with E-state index in [2.05, 4.69) is 6.92 Å². The van der Waals surface area contributed by atoms with Crippen LogP contribution in [0.5, 0.6) is 0 Å². The standard InChI is InChI=1S/C17H24N2O3S/c1-14-7-5-11-18(13-14)17(20)16-10-6-12-19(16)23(21,22)15-8-3-2-4-9-15/h2-4,8-9,14,16H,5-7,10-13H2,1H3. The smallest absolute Gasteiger partial charge is 0.243 e. The number of likely N-dealkylation sites (tertiary alicyclic amines) is 1. The molecule has 0 saturated carbocycles. The van der Waals surface area contributed by atoms with E-state index in [1.165, 1.54) is 4.31 Å². The van der Waals surface area contributed by atoms with Crippen LogP contribution in [0.3, 0.4) is 0 Å². The number of carbonyl (C=O) groups is 1. The number of hydrogen-bond acceptors (Lipinski definition) is 3. The molecule has 23 heavy (non-hydrogen) atoms. The summed E-state index contributed by atoms with van der Waals surface area (Å²) < 4.78 is 27.1. The van der Waals surface area contributed by atoms with Gasteiger partial charge in [0.15, 0.2) is 0 Å². The summed E-state index contributed by atoms with van der Waals surface area (Å²) in [4.78, 5) is 15.0. The van der Waals surface area contributed by atoms with Crippen LogP contribution in [0, 0.1) is 5.92 Å². The van der Waals surface area contributed by atoms with Gasteiger partial charge in [-0.2, -0.15) is 4.31 Å². The molecule has 1 amide bonds. The topological polar surface area (TPSA) is 57.7 Å². The maximum atomic E-state index is 12.9. The Bertz CT molecular complexity index is 660. The Labute approximate surface area is 138 Å².